The van der Waals surface area contributed by atoms with Crippen molar-refractivity contribution in [1.29, 1.82) is 0 Å². The third-order valence-electron chi connectivity index (χ3n) is 12.3. The van der Waals surface area contributed by atoms with Crippen LogP contribution in [0.25, 0.3) is 0 Å². The zero-order valence-electron chi connectivity index (χ0n) is 40.4. The van der Waals surface area contributed by atoms with E-state index in [9.17, 15) is 14.4 Å². The first-order valence-electron chi connectivity index (χ1n) is 26.3. The largest absolute Gasteiger partial charge is 0.462 e. The van der Waals surface area contributed by atoms with Crippen LogP contribution < -0.4 is 0 Å². The van der Waals surface area contributed by atoms with Crippen LogP contribution in [0.2, 0.25) is 0 Å². The van der Waals surface area contributed by atoms with Gasteiger partial charge in [0, 0.05) is 19.3 Å². The third kappa shape index (κ3) is 45.8. The molecular formula is C53H102O6. The Morgan fingerprint density at radius 3 is 0.966 bits per heavy atom. The molecule has 0 bridgehead atoms. The van der Waals surface area contributed by atoms with Gasteiger partial charge < -0.3 is 14.2 Å². The van der Waals surface area contributed by atoms with E-state index >= 15 is 0 Å². The molecule has 0 aromatic heterocycles. The van der Waals surface area contributed by atoms with Crippen molar-refractivity contribution in [2.45, 2.75) is 298 Å². The lowest BCUT2D eigenvalue weighted by Gasteiger charge is -2.18. The number of unbranched alkanes of at least 4 members (excludes halogenated alkanes) is 31. The quantitative estimate of drug-likeness (QED) is 0.0345. The van der Waals surface area contributed by atoms with Crippen LogP contribution >= 0.6 is 0 Å². The summed E-state index contributed by atoms with van der Waals surface area (Å²) in [5.74, 6) is 0.838. The van der Waals surface area contributed by atoms with Gasteiger partial charge in [-0.3, -0.25) is 14.4 Å². The Balaban J connectivity index is 4.33. The molecule has 59 heavy (non-hydrogen) atoms. The van der Waals surface area contributed by atoms with E-state index in [1.54, 1.807) is 0 Å². The summed E-state index contributed by atoms with van der Waals surface area (Å²) >= 11 is 0. The van der Waals surface area contributed by atoms with Gasteiger partial charge in [-0.1, -0.05) is 253 Å². The van der Waals surface area contributed by atoms with E-state index in [0.717, 1.165) is 69.6 Å². The molecule has 0 aliphatic heterocycles. The van der Waals surface area contributed by atoms with Gasteiger partial charge in [0.05, 0.1) is 0 Å². The lowest BCUT2D eigenvalue weighted by Crippen LogP contribution is -2.30. The predicted molar refractivity (Wildman–Crippen MR) is 252 cm³/mol. The summed E-state index contributed by atoms with van der Waals surface area (Å²) in [6, 6.07) is 0. The topological polar surface area (TPSA) is 78.9 Å². The summed E-state index contributed by atoms with van der Waals surface area (Å²) in [5, 5.41) is 0. The van der Waals surface area contributed by atoms with Gasteiger partial charge in [-0.15, -0.1) is 0 Å². The standard InChI is InChI=1S/C53H102O6/c1-6-8-9-10-11-12-13-14-15-16-23-28-33-38-43-51(54)57-46-50(59-53(56)45-40-35-30-25-19-17-21-26-31-36-41-48(3)4)47-58-52(55)44-39-34-29-24-20-18-22-27-32-37-42-49(5)7-2/h48-50H,6-47H2,1-5H3/t49?,50-/m0/s1. The number of esters is 3. The molecule has 0 aromatic rings. The Morgan fingerprint density at radius 1 is 0.356 bits per heavy atom. The fourth-order valence-corrected chi connectivity index (χ4v) is 7.96. The van der Waals surface area contributed by atoms with Crippen molar-refractivity contribution in [2.24, 2.45) is 11.8 Å². The Morgan fingerprint density at radius 2 is 0.644 bits per heavy atom. The molecule has 6 heteroatoms. The molecule has 0 saturated heterocycles. The fourth-order valence-electron chi connectivity index (χ4n) is 7.96. The first-order valence-corrected chi connectivity index (χ1v) is 26.3. The highest BCUT2D eigenvalue weighted by Crippen LogP contribution is 2.18. The lowest BCUT2D eigenvalue weighted by atomic mass is 9.99. The van der Waals surface area contributed by atoms with Gasteiger partial charge in [-0.2, -0.15) is 0 Å². The van der Waals surface area contributed by atoms with E-state index in [4.69, 9.17) is 14.2 Å². The molecule has 6 nitrogen and oxygen atoms in total. The predicted octanol–water partition coefficient (Wildman–Crippen LogP) is 16.9. The van der Waals surface area contributed by atoms with E-state index in [2.05, 4.69) is 34.6 Å². The molecule has 0 saturated carbocycles. The SMILES string of the molecule is CCCCCCCCCCCCCCCCC(=O)OC[C@@H](COC(=O)CCCCCCCCCCCCC(C)CC)OC(=O)CCCCCCCCCCCCC(C)C. The Labute approximate surface area is 368 Å². The molecule has 0 aromatic carbocycles. The van der Waals surface area contributed by atoms with Crippen molar-refractivity contribution >= 4 is 17.9 Å². The molecule has 0 heterocycles. The van der Waals surface area contributed by atoms with Crippen molar-refractivity contribution in [3.63, 3.8) is 0 Å². The molecule has 0 N–H and O–H groups in total. The summed E-state index contributed by atoms with van der Waals surface area (Å²) in [7, 11) is 0. The maximum absolute atomic E-state index is 12.8. The average molecular weight is 835 g/mol. The second kappa shape index (κ2) is 45.9. The van der Waals surface area contributed by atoms with Gasteiger partial charge in [0.15, 0.2) is 6.10 Å². The number of ether oxygens (including phenoxy) is 3. The third-order valence-corrected chi connectivity index (χ3v) is 12.3. The molecule has 0 spiro atoms. The van der Waals surface area contributed by atoms with E-state index in [1.165, 1.54) is 180 Å². The van der Waals surface area contributed by atoms with E-state index in [1.807, 2.05) is 0 Å². The van der Waals surface area contributed by atoms with Crippen LogP contribution in [0.15, 0.2) is 0 Å². The summed E-state index contributed by atoms with van der Waals surface area (Å²) < 4.78 is 16.8. The minimum absolute atomic E-state index is 0.0637. The molecular weight excluding hydrogens is 733 g/mol. The fraction of sp³-hybridized carbons (Fsp3) is 0.943. The molecule has 2 atom stereocenters. The van der Waals surface area contributed by atoms with Crippen LogP contribution in [0.5, 0.6) is 0 Å². The van der Waals surface area contributed by atoms with Crippen LogP contribution in [-0.2, 0) is 28.6 Å². The van der Waals surface area contributed by atoms with E-state index < -0.39 is 6.10 Å². The highest BCUT2D eigenvalue weighted by atomic mass is 16.6. The van der Waals surface area contributed by atoms with Gasteiger partial charge in [0.2, 0.25) is 0 Å². The Kier molecular flexibility index (Phi) is 44.7. The van der Waals surface area contributed by atoms with Gasteiger partial charge in [0.1, 0.15) is 13.2 Å². The van der Waals surface area contributed by atoms with Gasteiger partial charge >= 0.3 is 17.9 Å². The Hall–Kier alpha value is -1.59. The Bertz CT molecular complexity index is 902. The lowest BCUT2D eigenvalue weighted by molar-refractivity contribution is -0.167. The maximum Gasteiger partial charge on any atom is 0.306 e. The summed E-state index contributed by atoms with van der Waals surface area (Å²) in [6.07, 6.45) is 46.5. The molecule has 0 aliphatic carbocycles. The number of carbonyl (C=O) groups excluding carboxylic acids is 3. The van der Waals surface area contributed by atoms with Crippen molar-refractivity contribution in [1.82, 2.24) is 0 Å². The van der Waals surface area contributed by atoms with Crippen LogP contribution in [0, 0.1) is 11.8 Å². The van der Waals surface area contributed by atoms with Crippen molar-refractivity contribution in [3.05, 3.63) is 0 Å². The van der Waals surface area contributed by atoms with Gasteiger partial charge in [0.25, 0.3) is 0 Å². The molecule has 0 amide bonds. The second-order valence-electron chi connectivity index (χ2n) is 18.9. The van der Waals surface area contributed by atoms with E-state index in [-0.39, 0.29) is 31.1 Å². The number of carbonyl (C=O) groups is 3. The first kappa shape index (κ1) is 57.4. The molecule has 1 unspecified atom stereocenters. The number of rotatable bonds is 47. The van der Waals surface area contributed by atoms with Crippen molar-refractivity contribution < 1.29 is 28.6 Å². The van der Waals surface area contributed by atoms with Crippen LogP contribution in [0.1, 0.15) is 291 Å². The first-order chi connectivity index (χ1) is 28.8. The molecule has 0 rings (SSSR count). The summed E-state index contributed by atoms with van der Waals surface area (Å²) in [5.41, 5.74) is 0. The van der Waals surface area contributed by atoms with Crippen LogP contribution in [0.4, 0.5) is 0 Å². The van der Waals surface area contributed by atoms with Gasteiger partial charge in [-0.25, -0.2) is 0 Å². The maximum atomic E-state index is 12.8. The smallest absolute Gasteiger partial charge is 0.306 e. The van der Waals surface area contributed by atoms with Gasteiger partial charge in [-0.05, 0) is 31.1 Å². The number of hydrogen-bond donors (Lipinski definition) is 0. The highest BCUT2D eigenvalue weighted by molar-refractivity contribution is 5.71. The van der Waals surface area contributed by atoms with Crippen LogP contribution in [0.3, 0.4) is 0 Å². The highest BCUT2D eigenvalue weighted by Gasteiger charge is 2.19. The molecule has 0 fully saturated rings. The number of hydrogen-bond acceptors (Lipinski definition) is 6. The minimum atomic E-state index is -0.762. The van der Waals surface area contributed by atoms with E-state index in [0.29, 0.717) is 19.3 Å². The molecule has 0 radical (unpaired) electrons. The summed E-state index contributed by atoms with van der Waals surface area (Å²) in [4.78, 5) is 38.0. The zero-order valence-corrected chi connectivity index (χ0v) is 40.4. The van der Waals surface area contributed by atoms with Crippen molar-refractivity contribution in [2.75, 3.05) is 13.2 Å². The zero-order chi connectivity index (χ0) is 43.3. The van der Waals surface area contributed by atoms with Crippen LogP contribution in [-0.4, -0.2) is 37.2 Å². The molecule has 0 aliphatic rings. The minimum Gasteiger partial charge on any atom is -0.462 e. The normalized spacial score (nSPS) is 12.5. The monoisotopic (exact) mass is 835 g/mol. The second-order valence-corrected chi connectivity index (χ2v) is 18.9. The van der Waals surface area contributed by atoms with Crippen molar-refractivity contribution in [3.8, 4) is 0 Å². The average Bonchev–Trinajstić information content (AvgIpc) is 3.22. The summed E-state index contributed by atoms with van der Waals surface area (Å²) in [6.45, 7) is 11.4. The molecule has 350 valence electrons.